The van der Waals surface area contributed by atoms with Crippen molar-refractivity contribution in [3.05, 3.63) is 93.6 Å². The van der Waals surface area contributed by atoms with Crippen LogP contribution in [0.25, 0.3) is 6.08 Å². The van der Waals surface area contributed by atoms with E-state index in [1.165, 1.54) is 18.2 Å². The molecular weight excluding hydrogens is 519 g/mol. The van der Waals surface area contributed by atoms with Crippen molar-refractivity contribution in [3.8, 4) is 11.5 Å². The topological polar surface area (TPSA) is 84.9 Å². The zero-order valence-corrected chi connectivity index (χ0v) is 21.3. The quantitative estimate of drug-likeness (QED) is 0.329. The van der Waals surface area contributed by atoms with Crippen LogP contribution in [0.3, 0.4) is 0 Å². The minimum absolute atomic E-state index is 0.0321. The molecule has 0 radical (unpaired) electrons. The molecule has 10 heteroatoms. The van der Waals surface area contributed by atoms with Crippen LogP contribution in [0.4, 0.5) is 14.9 Å². The molecule has 1 aliphatic heterocycles. The van der Waals surface area contributed by atoms with E-state index in [4.69, 9.17) is 21.1 Å². The van der Waals surface area contributed by atoms with Gasteiger partial charge in [-0.15, -0.1) is 0 Å². The van der Waals surface area contributed by atoms with Gasteiger partial charge in [0.05, 0.1) is 17.2 Å². The Labute approximate surface area is 222 Å². The SMILES string of the molecule is CCOc1cc(/C=C2\SC(=O)N(CC(=O)Nc3ccccc3F)C2=O)ccc1OCc1ccccc1Cl. The first-order chi connectivity index (χ1) is 17.9. The van der Waals surface area contributed by atoms with Crippen molar-refractivity contribution in [2.45, 2.75) is 13.5 Å². The second-order valence-electron chi connectivity index (χ2n) is 7.82. The molecular formula is C27H22ClFN2O5S. The third kappa shape index (κ3) is 6.49. The van der Waals surface area contributed by atoms with Gasteiger partial charge in [-0.05, 0) is 60.7 Å². The van der Waals surface area contributed by atoms with E-state index in [0.717, 1.165) is 22.2 Å². The van der Waals surface area contributed by atoms with Crippen molar-refractivity contribution in [1.29, 1.82) is 0 Å². The van der Waals surface area contributed by atoms with Crippen LogP contribution in [0.1, 0.15) is 18.1 Å². The Morgan fingerprint density at radius 1 is 1.05 bits per heavy atom. The molecule has 190 valence electrons. The van der Waals surface area contributed by atoms with Crippen LogP contribution in [-0.2, 0) is 16.2 Å². The minimum Gasteiger partial charge on any atom is -0.490 e. The number of ether oxygens (including phenoxy) is 2. The van der Waals surface area contributed by atoms with Crippen molar-refractivity contribution in [2.24, 2.45) is 0 Å². The highest BCUT2D eigenvalue weighted by Crippen LogP contribution is 2.35. The van der Waals surface area contributed by atoms with Crippen molar-refractivity contribution in [1.82, 2.24) is 4.90 Å². The molecule has 0 bridgehead atoms. The first-order valence-electron chi connectivity index (χ1n) is 11.3. The molecule has 1 N–H and O–H groups in total. The van der Waals surface area contributed by atoms with Gasteiger partial charge in [0.25, 0.3) is 11.1 Å². The van der Waals surface area contributed by atoms with E-state index >= 15 is 0 Å². The number of benzene rings is 3. The lowest BCUT2D eigenvalue weighted by molar-refractivity contribution is -0.127. The zero-order valence-electron chi connectivity index (χ0n) is 19.7. The third-order valence-electron chi connectivity index (χ3n) is 5.23. The molecule has 3 amide bonds. The van der Waals surface area contributed by atoms with Gasteiger partial charge in [0.1, 0.15) is 19.0 Å². The molecule has 0 atom stereocenters. The normalized spacial score (nSPS) is 14.2. The van der Waals surface area contributed by atoms with E-state index < -0.39 is 29.4 Å². The second-order valence-corrected chi connectivity index (χ2v) is 9.22. The average molecular weight is 541 g/mol. The maximum absolute atomic E-state index is 13.8. The Morgan fingerprint density at radius 2 is 1.81 bits per heavy atom. The number of nitrogens with one attached hydrogen (secondary N) is 1. The number of hydrogen-bond acceptors (Lipinski definition) is 6. The summed E-state index contributed by atoms with van der Waals surface area (Å²) in [5.74, 6) is -0.957. The van der Waals surface area contributed by atoms with Gasteiger partial charge in [-0.1, -0.05) is 48.0 Å². The lowest BCUT2D eigenvalue weighted by Crippen LogP contribution is -2.36. The molecule has 0 aliphatic carbocycles. The highest BCUT2D eigenvalue weighted by atomic mass is 35.5. The molecule has 0 unspecified atom stereocenters. The monoisotopic (exact) mass is 540 g/mol. The number of amides is 3. The Balaban J connectivity index is 1.46. The maximum atomic E-state index is 13.8. The summed E-state index contributed by atoms with van der Waals surface area (Å²) in [6, 6.07) is 18.1. The van der Waals surface area contributed by atoms with Gasteiger partial charge in [0, 0.05) is 10.6 Å². The van der Waals surface area contributed by atoms with E-state index in [2.05, 4.69) is 5.32 Å². The first kappa shape index (κ1) is 26.2. The Hall–Kier alpha value is -3.82. The van der Waals surface area contributed by atoms with E-state index in [9.17, 15) is 18.8 Å². The van der Waals surface area contributed by atoms with Crippen LogP contribution in [-0.4, -0.2) is 35.1 Å². The molecule has 4 rings (SSSR count). The van der Waals surface area contributed by atoms with E-state index in [0.29, 0.717) is 28.7 Å². The Bertz CT molecular complexity index is 1380. The van der Waals surface area contributed by atoms with Gasteiger partial charge in [0.2, 0.25) is 5.91 Å². The van der Waals surface area contributed by atoms with Gasteiger partial charge < -0.3 is 14.8 Å². The van der Waals surface area contributed by atoms with Crippen molar-refractivity contribution in [2.75, 3.05) is 18.5 Å². The van der Waals surface area contributed by atoms with Crippen molar-refractivity contribution in [3.63, 3.8) is 0 Å². The largest absolute Gasteiger partial charge is 0.490 e. The molecule has 0 aromatic heterocycles. The molecule has 1 aliphatic rings. The van der Waals surface area contributed by atoms with E-state index in [1.807, 2.05) is 25.1 Å². The van der Waals surface area contributed by atoms with Crippen LogP contribution < -0.4 is 14.8 Å². The number of para-hydroxylation sites is 1. The molecule has 7 nitrogen and oxygen atoms in total. The minimum atomic E-state index is -0.688. The second kappa shape index (κ2) is 11.9. The van der Waals surface area contributed by atoms with E-state index in [1.54, 1.807) is 36.4 Å². The van der Waals surface area contributed by atoms with Crippen LogP contribution >= 0.6 is 23.4 Å². The standard InChI is InChI=1S/C27H22ClFN2O5S/c1-2-35-23-13-17(11-12-22(23)36-16-18-7-3-4-8-19(18)28)14-24-26(33)31(27(34)37-24)15-25(32)30-21-10-6-5-9-20(21)29/h3-14H,2,15-16H2,1H3,(H,30,32)/b24-14-. The summed E-state index contributed by atoms with van der Waals surface area (Å²) in [6.07, 6.45) is 1.54. The van der Waals surface area contributed by atoms with Gasteiger partial charge in [0.15, 0.2) is 11.5 Å². The van der Waals surface area contributed by atoms with Crippen LogP contribution in [0.15, 0.2) is 71.6 Å². The summed E-state index contributed by atoms with van der Waals surface area (Å²) in [6.45, 7) is 1.93. The number of hydrogen-bond donors (Lipinski definition) is 1. The zero-order chi connectivity index (χ0) is 26.4. The van der Waals surface area contributed by atoms with Gasteiger partial charge in [-0.25, -0.2) is 4.39 Å². The number of halogens is 2. The summed E-state index contributed by atoms with van der Waals surface area (Å²) < 4.78 is 25.4. The van der Waals surface area contributed by atoms with Crippen molar-refractivity contribution >= 4 is 52.2 Å². The number of carbonyl (C=O) groups excluding carboxylic acids is 3. The molecule has 1 fully saturated rings. The fourth-order valence-electron chi connectivity index (χ4n) is 3.46. The predicted octanol–water partition coefficient (Wildman–Crippen LogP) is 6.13. The Morgan fingerprint density at radius 3 is 2.57 bits per heavy atom. The smallest absolute Gasteiger partial charge is 0.294 e. The number of thioether (sulfide) groups is 1. The number of anilines is 1. The number of imide groups is 1. The predicted molar refractivity (Wildman–Crippen MR) is 141 cm³/mol. The van der Waals surface area contributed by atoms with Crippen LogP contribution in [0.2, 0.25) is 5.02 Å². The van der Waals surface area contributed by atoms with Gasteiger partial charge in [-0.3, -0.25) is 19.3 Å². The number of nitrogens with zero attached hydrogens (tertiary/aromatic N) is 1. The Kier molecular flexibility index (Phi) is 8.47. The molecule has 3 aromatic carbocycles. The van der Waals surface area contributed by atoms with Gasteiger partial charge >= 0.3 is 0 Å². The molecule has 1 saturated heterocycles. The summed E-state index contributed by atoms with van der Waals surface area (Å²) >= 11 is 6.92. The fraction of sp³-hybridized carbons (Fsp3) is 0.148. The highest BCUT2D eigenvalue weighted by Gasteiger charge is 2.36. The fourth-order valence-corrected chi connectivity index (χ4v) is 4.49. The third-order valence-corrected chi connectivity index (χ3v) is 6.51. The molecule has 0 saturated carbocycles. The lowest BCUT2D eigenvalue weighted by Gasteiger charge is -2.13. The maximum Gasteiger partial charge on any atom is 0.294 e. The van der Waals surface area contributed by atoms with Crippen LogP contribution in [0, 0.1) is 5.82 Å². The first-order valence-corrected chi connectivity index (χ1v) is 12.5. The number of rotatable bonds is 9. The summed E-state index contributed by atoms with van der Waals surface area (Å²) in [5.41, 5.74) is 1.40. The summed E-state index contributed by atoms with van der Waals surface area (Å²) in [4.78, 5) is 38.6. The lowest BCUT2D eigenvalue weighted by atomic mass is 10.1. The van der Waals surface area contributed by atoms with Crippen LogP contribution in [0.5, 0.6) is 11.5 Å². The number of carbonyl (C=O) groups is 3. The van der Waals surface area contributed by atoms with E-state index in [-0.39, 0.29) is 17.2 Å². The average Bonchev–Trinajstić information content (AvgIpc) is 3.13. The van der Waals surface area contributed by atoms with Crippen molar-refractivity contribution < 1.29 is 28.2 Å². The summed E-state index contributed by atoms with van der Waals surface area (Å²) in [7, 11) is 0. The molecule has 1 heterocycles. The van der Waals surface area contributed by atoms with Gasteiger partial charge in [-0.2, -0.15) is 0 Å². The molecule has 0 spiro atoms. The summed E-state index contributed by atoms with van der Waals surface area (Å²) in [5, 5.41) is 2.37. The highest BCUT2D eigenvalue weighted by molar-refractivity contribution is 8.18. The molecule has 3 aromatic rings. The molecule has 37 heavy (non-hydrogen) atoms.